The number of pyridine rings is 1. The Morgan fingerprint density at radius 1 is 1.14 bits per heavy atom. The molecule has 7 heteroatoms. The first-order valence-electron chi connectivity index (χ1n) is 10.1. The highest BCUT2D eigenvalue weighted by atomic mass is 16.3. The monoisotopic (exact) mass is 392 g/mol. The molecule has 29 heavy (non-hydrogen) atoms. The van der Waals surface area contributed by atoms with E-state index in [1.807, 2.05) is 30.6 Å². The Morgan fingerprint density at radius 3 is 2.69 bits per heavy atom. The number of imidazole rings is 1. The minimum Gasteiger partial charge on any atom is -0.391 e. The highest BCUT2D eigenvalue weighted by Gasteiger charge is 2.44. The van der Waals surface area contributed by atoms with Crippen molar-refractivity contribution in [1.82, 2.24) is 19.4 Å². The number of likely N-dealkylation sites (tertiary alicyclic amines) is 1. The molecule has 1 saturated carbocycles. The summed E-state index contributed by atoms with van der Waals surface area (Å²) in [6, 6.07) is 11.2. The van der Waals surface area contributed by atoms with Crippen LogP contribution in [0.1, 0.15) is 34.9 Å². The third kappa shape index (κ3) is 3.06. The smallest absolute Gasteiger partial charge is 0.260 e. The van der Waals surface area contributed by atoms with Crippen molar-refractivity contribution in [2.45, 2.75) is 31.9 Å². The fraction of sp³-hybridized carbons (Fsp3) is 0.409. The Labute approximate surface area is 168 Å². The first-order valence-corrected chi connectivity index (χ1v) is 10.1. The molecule has 1 aromatic carbocycles. The second-order valence-electron chi connectivity index (χ2n) is 8.36. The summed E-state index contributed by atoms with van der Waals surface area (Å²) in [6.45, 7) is 3.00. The summed E-state index contributed by atoms with van der Waals surface area (Å²) in [5.74, 6) is 0.335. The SMILES string of the molecule is Cc1ccc(C(=O)N2C[C@H]3C[C@@H](n4cnc5ccccc54)[C@H](O)C[C@H]3C2)c(=O)[nH]1. The van der Waals surface area contributed by atoms with Gasteiger partial charge in [0.15, 0.2) is 0 Å². The van der Waals surface area contributed by atoms with Crippen molar-refractivity contribution >= 4 is 16.9 Å². The fourth-order valence-electron chi connectivity index (χ4n) is 5.03. The molecule has 5 rings (SSSR count). The molecule has 1 saturated heterocycles. The number of aromatic amines is 1. The van der Waals surface area contributed by atoms with Crippen LogP contribution >= 0.6 is 0 Å². The highest BCUT2D eigenvalue weighted by molar-refractivity contribution is 5.94. The van der Waals surface area contributed by atoms with Gasteiger partial charge in [-0.1, -0.05) is 12.1 Å². The maximum Gasteiger partial charge on any atom is 0.260 e. The molecule has 0 spiro atoms. The maximum atomic E-state index is 12.9. The predicted octanol–water partition coefficient (Wildman–Crippen LogP) is 2.12. The van der Waals surface area contributed by atoms with Crippen LogP contribution in [0, 0.1) is 18.8 Å². The van der Waals surface area contributed by atoms with Crippen molar-refractivity contribution < 1.29 is 9.90 Å². The van der Waals surface area contributed by atoms with E-state index in [4.69, 9.17) is 0 Å². The minimum atomic E-state index is -0.480. The Bertz CT molecular complexity index is 1130. The number of aromatic nitrogens is 3. The first kappa shape index (κ1) is 18.1. The molecule has 0 unspecified atom stereocenters. The highest BCUT2D eigenvalue weighted by Crippen LogP contribution is 2.42. The van der Waals surface area contributed by atoms with Gasteiger partial charge in [0.05, 0.1) is 29.5 Å². The summed E-state index contributed by atoms with van der Waals surface area (Å²) < 4.78 is 2.07. The second-order valence-corrected chi connectivity index (χ2v) is 8.36. The number of benzene rings is 1. The summed E-state index contributed by atoms with van der Waals surface area (Å²) >= 11 is 0. The Kier molecular flexibility index (Phi) is 4.28. The summed E-state index contributed by atoms with van der Waals surface area (Å²) in [5, 5.41) is 10.9. The first-order chi connectivity index (χ1) is 14.0. The number of carbonyl (C=O) groups is 1. The van der Waals surface area contributed by atoms with Gasteiger partial charge in [-0.3, -0.25) is 9.59 Å². The molecule has 1 amide bonds. The van der Waals surface area contributed by atoms with Gasteiger partial charge in [-0.15, -0.1) is 0 Å². The van der Waals surface area contributed by atoms with E-state index in [9.17, 15) is 14.7 Å². The Balaban J connectivity index is 1.37. The number of carbonyl (C=O) groups excluding carboxylic acids is 1. The number of hydrogen-bond acceptors (Lipinski definition) is 4. The van der Waals surface area contributed by atoms with E-state index in [-0.39, 0.29) is 29.0 Å². The Morgan fingerprint density at radius 2 is 1.90 bits per heavy atom. The van der Waals surface area contributed by atoms with Crippen molar-refractivity contribution in [3.63, 3.8) is 0 Å². The van der Waals surface area contributed by atoms with Gasteiger partial charge in [0.2, 0.25) is 0 Å². The molecule has 3 aromatic rings. The second kappa shape index (κ2) is 6.84. The lowest BCUT2D eigenvalue weighted by Gasteiger charge is -2.36. The number of aryl methyl sites for hydroxylation is 1. The van der Waals surface area contributed by atoms with E-state index in [1.165, 1.54) is 0 Å². The summed E-state index contributed by atoms with van der Waals surface area (Å²) in [6.07, 6.45) is 2.77. The predicted molar refractivity (Wildman–Crippen MR) is 109 cm³/mol. The number of nitrogens with zero attached hydrogens (tertiary/aromatic N) is 3. The van der Waals surface area contributed by atoms with Crippen LogP contribution in [0.3, 0.4) is 0 Å². The number of nitrogens with one attached hydrogen (secondary N) is 1. The van der Waals surface area contributed by atoms with Crippen LogP contribution in [0.5, 0.6) is 0 Å². The average Bonchev–Trinajstić information content (AvgIpc) is 3.30. The number of aliphatic hydroxyl groups is 1. The van der Waals surface area contributed by atoms with Gasteiger partial charge >= 0.3 is 0 Å². The Hall–Kier alpha value is -2.93. The van der Waals surface area contributed by atoms with Crippen molar-refractivity contribution in [1.29, 1.82) is 0 Å². The van der Waals surface area contributed by atoms with Gasteiger partial charge in [0, 0.05) is 18.8 Å². The van der Waals surface area contributed by atoms with Crippen molar-refractivity contribution in [3.05, 3.63) is 64.3 Å². The molecule has 2 fully saturated rings. The number of para-hydroxylation sites is 2. The molecule has 7 nitrogen and oxygen atoms in total. The van der Waals surface area contributed by atoms with Gasteiger partial charge in [-0.05, 0) is 55.9 Å². The lowest BCUT2D eigenvalue weighted by molar-refractivity contribution is 0.0374. The molecule has 0 radical (unpaired) electrons. The number of rotatable bonds is 2. The third-order valence-electron chi connectivity index (χ3n) is 6.52. The van der Waals surface area contributed by atoms with Crippen LogP contribution in [0.15, 0.2) is 47.5 Å². The number of H-pyrrole nitrogens is 1. The van der Waals surface area contributed by atoms with Gasteiger partial charge in [-0.25, -0.2) is 4.98 Å². The van der Waals surface area contributed by atoms with Gasteiger partial charge in [-0.2, -0.15) is 0 Å². The van der Waals surface area contributed by atoms with Crippen LogP contribution in [0.4, 0.5) is 0 Å². The molecular formula is C22H24N4O3. The summed E-state index contributed by atoms with van der Waals surface area (Å²) in [5.41, 5.74) is 2.52. The number of fused-ring (bicyclic) bond motifs is 2. The van der Waals surface area contributed by atoms with Crippen molar-refractivity contribution in [2.24, 2.45) is 11.8 Å². The fourth-order valence-corrected chi connectivity index (χ4v) is 5.03. The number of amides is 1. The van der Waals surface area contributed by atoms with E-state index in [2.05, 4.69) is 14.5 Å². The third-order valence-corrected chi connectivity index (χ3v) is 6.52. The molecule has 3 heterocycles. The molecule has 0 bridgehead atoms. The maximum absolute atomic E-state index is 12.9. The van der Waals surface area contributed by atoms with E-state index in [0.717, 1.165) is 23.1 Å². The number of hydrogen-bond donors (Lipinski definition) is 2. The van der Waals surface area contributed by atoms with Crippen LogP contribution in [-0.2, 0) is 0 Å². The lowest BCUT2D eigenvalue weighted by atomic mass is 9.77. The normalized spacial score (nSPS) is 26.6. The molecule has 1 aliphatic heterocycles. The van der Waals surface area contributed by atoms with E-state index < -0.39 is 6.10 Å². The molecule has 2 aromatic heterocycles. The molecule has 2 aliphatic rings. The molecular weight excluding hydrogens is 368 g/mol. The zero-order valence-electron chi connectivity index (χ0n) is 16.3. The standard InChI is InChI=1S/C22H24N4O3/c1-13-6-7-16(21(28)24-13)22(29)25-10-14-8-19(20(27)9-15(14)11-25)26-12-23-17-4-2-3-5-18(17)26/h2-7,12,14-15,19-20,27H,8-11H2,1H3,(H,24,28)/t14-,15+,19-,20-/m1/s1. The minimum absolute atomic E-state index is 0.0542. The molecule has 1 aliphatic carbocycles. The van der Waals surface area contributed by atoms with Gasteiger partial charge in [0.1, 0.15) is 5.56 Å². The van der Waals surface area contributed by atoms with Crippen LogP contribution < -0.4 is 5.56 Å². The van der Waals surface area contributed by atoms with E-state index in [0.29, 0.717) is 25.4 Å². The van der Waals surface area contributed by atoms with Crippen molar-refractivity contribution in [3.8, 4) is 0 Å². The van der Waals surface area contributed by atoms with Gasteiger partial charge in [0.25, 0.3) is 11.5 Å². The average molecular weight is 392 g/mol. The zero-order chi connectivity index (χ0) is 20.1. The van der Waals surface area contributed by atoms with Crippen LogP contribution in [0.25, 0.3) is 11.0 Å². The van der Waals surface area contributed by atoms with Crippen molar-refractivity contribution in [2.75, 3.05) is 13.1 Å². The summed E-state index contributed by atoms with van der Waals surface area (Å²) in [4.78, 5) is 34.0. The topological polar surface area (TPSA) is 91.2 Å². The molecule has 4 atom stereocenters. The lowest BCUT2D eigenvalue weighted by Crippen LogP contribution is -2.36. The quantitative estimate of drug-likeness (QED) is 0.699. The van der Waals surface area contributed by atoms with Gasteiger partial charge < -0.3 is 19.6 Å². The summed E-state index contributed by atoms with van der Waals surface area (Å²) in [7, 11) is 0. The number of aliphatic hydroxyl groups excluding tert-OH is 1. The zero-order valence-corrected chi connectivity index (χ0v) is 16.3. The van der Waals surface area contributed by atoms with E-state index >= 15 is 0 Å². The largest absolute Gasteiger partial charge is 0.391 e. The molecule has 2 N–H and O–H groups in total. The van der Waals surface area contributed by atoms with E-state index in [1.54, 1.807) is 24.0 Å². The van der Waals surface area contributed by atoms with Crippen LogP contribution in [0.2, 0.25) is 0 Å². The molecule has 150 valence electrons. The van der Waals surface area contributed by atoms with Crippen LogP contribution in [-0.4, -0.2) is 49.6 Å².